The summed E-state index contributed by atoms with van der Waals surface area (Å²) in [5.74, 6) is 0.850. The second-order valence-corrected chi connectivity index (χ2v) is 5.94. The van der Waals surface area contributed by atoms with Crippen LogP contribution in [0.2, 0.25) is 0 Å². The van der Waals surface area contributed by atoms with Gasteiger partial charge in [0.25, 0.3) is 0 Å². The zero-order valence-corrected chi connectivity index (χ0v) is 12.3. The smallest absolute Gasteiger partial charge is 0.127 e. The Morgan fingerprint density at radius 2 is 1.52 bits per heavy atom. The number of hydrogen-bond acceptors (Lipinski definition) is 2. The second kappa shape index (κ2) is 6.31. The SMILES string of the molecule is OC1(COc2ccccc2-c2ccccc2)CCCCC1. The third kappa shape index (κ3) is 3.45. The summed E-state index contributed by atoms with van der Waals surface area (Å²) in [4.78, 5) is 0. The molecule has 1 N–H and O–H groups in total. The van der Waals surface area contributed by atoms with Crippen LogP contribution in [-0.4, -0.2) is 17.3 Å². The summed E-state index contributed by atoms with van der Waals surface area (Å²) in [6, 6.07) is 18.3. The highest BCUT2D eigenvalue weighted by molar-refractivity contribution is 5.70. The number of benzene rings is 2. The Bertz CT molecular complexity index is 571. The molecule has 2 heteroatoms. The van der Waals surface area contributed by atoms with Crippen molar-refractivity contribution in [2.45, 2.75) is 37.7 Å². The van der Waals surface area contributed by atoms with Crippen molar-refractivity contribution in [3.8, 4) is 16.9 Å². The van der Waals surface area contributed by atoms with E-state index < -0.39 is 5.60 Å². The maximum absolute atomic E-state index is 10.6. The van der Waals surface area contributed by atoms with E-state index in [9.17, 15) is 5.11 Å². The highest BCUT2D eigenvalue weighted by Gasteiger charge is 2.30. The molecule has 110 valence electrons. The molecule has 1 aliphatic carbocycles. The van der Waals surface area contributed by atoms with E-state index in [1.165, 1.54) is 6.42 Å². The van der Waals surface area contributed by atoms with Gasteiger partial charge in [-0.2, -0.15) is 0 Å². The molecule has 1 aliphatic rings. The predicted molar refractivity (Wildman–Crippen MR) is 85.4 cm³/mol. The quantitative estimate of drug-likeness (QED) is 0.899. The van der Waals surface area contributed by atoms with Crippen LogP contribution in [-0.2, 0) is 0 Å². The topological polar surface area (TPSA) is 29.5 Å². The minimum absolute atomic E-state index is 0.386. The molecule has 0 unspecified atom stereocenters. The molecule has 0 amide bonds. The van der Waals surface area contributed by atoms with Crippen molar-refractivity contribution in [1.29, 1.82) is 0 Å². The van der Waals surface area contributed by atoms with Crippen molar-refractivity contribution >= 4 is 0 Å². The molecule has 21 heavy (non-hydrogen) atoms. The van der Waals surface area contributed by atoms with Gasteiger partial charge >= 0.3 is 0 Å². The number of aliphatic hydroxyl groups is 1. The Balaban J connectivity index is 1.77. The van der Waals surface area contributed by atoms with E-state index in [2.05, 4.69) is 18.2 Å². The molecule has 1 fully saturated rings. The molecule has 0 saturated heterocycles. The lowest BCUT2D eigenvalue weighted by molar-refractivity contribution is -0.0337. The summed E-state index contributed by atoms with van der Waals surface area (Å²) in [5.41, 5.74) is 1.57. The van der Waals surface area contributed by atoms with Crippen molar-refractivity contribution in [3.05, 3.63) is 54.6 Å². The molecule has 0 heterocycles. The zero-order valence-electron chi connectivity index (χ0n) is 12.3. The van der Waals surface area contributed by atoms with Crippen molar-refractivity contribution < 1.29 is 9.84 Å². The standard InChI is InChI=1S/C19H22O2/c20-19(13-7-2-8-14-19)15-21-18-12-6-5-11-17(18)16-9-3-1-4-10-16/h1,3-6,9-12,20H,2,7-8,13-15H2. The van der Waals surface area contributed by atoms with Gasteiger partial charge in [-0.1, -0.05) is 67.8 Å². The van der Waals surface area contributed by atoms with Crippen LogP contribution in [0.4, 0.5) is 0 Å². The van der Waals surface area contributed by atoms with E-state index in [1.807, 2.05) is 36.4 Å². The third-order valence-electron chi connectivity index (χ3n) is 4.25. The van der Waals surface area contributed by atoms with E-state index in [0.717, 1.165) is 42.6 Å². The molecule has 0 aromatic heterocycles. The lowest BCUT2D eigenvalue weighted by Gasteiger charge is -2.32. The first-order valence-corrected chi connectivity index (χ1v) is 7.77. The van der Waals surface area contributed by atoms with Crippen LogP contribution in [0, 0.1) is 0 Å². The van der Waals surface area contributed by atoms with Gasteiger partial charge in [0.1, 0.15) is 12.4 Å². The number of hydrogen-bond donors (Lipinski definition) is 1. The first-order valence-electron chi connectivity index (χ1n) is 7.77. The van der Waals surface area contributed by atoms with Gasteiger partial charge in [0, 0.05) is 5.56 Å². The minimum atomic E-state index is -0.651. The second-order valence-electron chi connectivity index (χ2n) is 5.94. The molecule has 1 saturated carbocycles. The summed E-state index contributed by atoms with van der Waals surface area (Å²) in [6.45, 7) is 0.386. The van der Waals surface area contributed by atoms with Crippen LogP contribution in [0.3, 0.4) is 0 Å². The maximum atomic E-state index is 10.6. The molecule has 2 nitrogen and oxygen atoms in total. The fraction of sp³-hybridized carbons (Fsp3) is 0.368. The molecular formula is C19H22O2. The van der Waals surface area contributed by atoms with Gasteiger partial charge in [0.05, 0.1) is 5.60 Å². The lowest BCUT2D eigenvalue weighted by Crippen LogP contribution is -2.37. The molecule has 0 aliphatic heterocycles. The third-order valence-corrected chi connectivity index (χ3v) is 4.25. The van der Waals surface area contributed by atoms with E-state index in [1.54, 1.807) is 0 Å². The van der Waals surface area contributed by atoms with Gasteiger partial charge in [-0.3, -0.25) is 0 Å². The largest absolute Gasteiger partial charge is 0.490 e. The maximum Gasteiger partial charge on any atom is 0.127 e. The number of ether oxygens (including phenoxy) is 1. The molecule has 0 radical (unpaired) electrons. The number of para-hydroxylation sites is 1. The van der Waals surface area contributed by atoms with Crippen LogP contribution in [0.25, 0.3) is 11.1 Å². The highest BCUT2D eigenvalue weighted by Crippen LogP contribution is 2.32. The van der Waals surface area contributed by atoms with Gasteiger partial charge in [0.2, 0.25) is 0 Å². The molecule has 2 aromatic rings. The Labute approximate surface area is 126 Å². The Morgan fingerprint density at radius 1 is 0.857 bits per heavy atom. The van der Waals surface area contributed by atoms with Gasteiger partial charge in [0.15, 0.2) is 0 Å². The van der Waals surface area contributed by atoms with Crippen molar-refractivity contribution in [1.82, 2.24) is 0 Å². The summed E-state index contributed by atoms with van der Waals surface area (Å²) < 4.78 is 5.98. The Kier molecular flexibility index (Phi) is 4.26. The molecule has 3 rings (SSSR count). The highest BCUT2D eigenvalue weighted by atomic mass is 16.5. The first kappa shape index (κ1) is 14.2. The van der Waals surface area contributed by atoms with Gasteiger partial charge in [-0.05, 0) is 24.5 Å². The van der Waals surface area contributed by atoms with E-state index >= 15 is 0 Å². The lowest BCUT2D eigenvalue weighted by atomic mass is 9.85. The summed E-state index contributed by atoms with van der Waals surface area (Å²) in [5, 5.41) is 10.6. The molecule has 0 spiro atoms. The van der Waals surface area contributed by atoms with Crippen LogP contribution < -0.4 is 4.74 Å². The minimum Gasteiger partial charge on any atom is -0.490 e. The molecule has 0 atom stereocenters. The van der Waals surface area contributed by atoms with Crippen LogP contribution >= 0.6 is 0 Å². The first-order chi connectivity index (χ1) is 10.3. The Morgan fingerprint density at radius 3 is 2.29 bits per heavy atom. The fourth-order valence-electron chi connectivity index (χ4n) is 3.02. The van der Waals surface area contributed by atoms with Crippen LogP contribution in [0.1, 0.15) is 32.1 Å². The molecular weight excluding hydrogens is 260 g/mol. The van der Waals surface area contributed by atoms with Crippen LogP contribution in [0.5, 0.6) is 5.75 Å². The van der Waals surface area contributed by atoms with Gasteiger partial charge in [-0.25, -0.2) is 0 Å². The van der Waals surface area contributed by atoms with Crippen molar-refractivity contribution in [2.24, 2.45) is 0 Å². The summed E-state index contributed by atoms with van der Waals surface area (Å²) >= 11 is 0. The fourth-order valence-corrected chi connectivity index (χ4v) is 3.02. The van der Waals surface area contributed by atoms with Crippen molar-refractivity contribution in [3.63, 3.8) is 0 Å². The predicted octanol–water partition coefficient (Wildman–Crippen LogP) is 4.43. The normalized spacial score (nSPS) is 17.4. The van der Waals surface area contributed by atoms with Crippen LogP contribution in [0.15, 0.2) is 54.6 Å². The van der Waals surface area contributed by atoms with Gasteiger partial charge < -0.3 is 9.84 Å². The average Bonchev–Trinajstić information content (AvgIpc) is 2.55. The van der Waals surface area contributed by atoms with E-state index in [4.69, 9.17) is 4.74 Å². The summed E-state index contributed by atoms with van der Waals surface area (Å²) in [7, 11) is 0. The van der Waals surface area contributed by atoms with E-state index in [-0.39, 0.29) is 0 Å². The molecule has 0 bridgehead atoms. The monoisotopic (exact) mass is 282 g/mol. The summed E-state index contributed by atoms with van der Waals surface area (Å²) in [6.07, 6.45) is 5.12. The Hall–Kier alpha value is -1.80. The zero-order chi connectivity index (χ0) is 14.5. The van der Waals surface area contributed by atoms with Gasteiger partial charge in [-0.15, -0.1) is 0 Å². The molecule has 2 aromatic carbocycles. The van der Waals surface area contributed by atoms with E-state index in [0.29, 0.717) is 6.61 Å². The van der Waals surface area contributed by atoms with Crippen molar-refractivity contribution in [2.75, 3.05) is 6.61 Å². The number of rotatable bonds is 4. The average molecular weight is 282 g/mol.